The number of hydrogen-bond donors (Lipinski definition) is 0. The Kier molecular flexibility index (Phi) is 6.45. The van der Waals surface area contributed by atoms with Crippen LogP contribution >= 0.6 is 0 Å². The normalized spacial score (nSPS) is 23.5. The van der Waals surface area contributed by atoms with Crippen molar-refractivity contribution in [3.8, 4) is 0 Å². The summed E-state index contributed by atoms with van der Waals surface area (Å²) in [6.45, 7) is 3.87. The summed E-state index contributed by atoms with van der Waals surface area (Å²) >= 11 is 0. The summed E-state index contributed by atoms with van der Waals surface area (Å²) < 4.78 is 10.7. The van der Waals surface area contributed by atoms with Crippen molar-refractivity contribution in [3.63, 3.8) is 0 Å². The van der Waals surface area contributed by atoms with E-state index in [-0.39, 0.29) is 17.9 Å². The average molecular weight is 298 g/mol. The van der Waals surface area contributed by atoms with Crippen molar-refractivity contribution in [1.29, 1.82) is 0 Å². The van der Waals surface area contributed by atoms with Gasteiger partial charge in [-0.25, -0.2) is 0 Å². The van der Waals surface area contributed by atoms with E-state index in [4.69, 9.17) is 9.47 Å². The molecule has 6 heteroatoms. The largest absolute Gasteiger partial charge is 0.385 e. The molecule has 0 aromatic rings. The van der Waals surface area contributed by atoms with Crippen molar-refractivity contribution >= 4 is 11.8 Å². The van der Waals surface area contributed by atoms with Crippen LogP contribution in [0.1, 0.15) is 32.1 Å². The van der Waals surface area contributed by atoms with E-state index in [1.165, 1.54) is 0 Å². The number of piperidine rings is 1. The van der Waals surface area contributed by atoms with Crippen LogP contribution in [-0.4, -0.2) is 74.2 Å². The summed E-state index contributed by atoms with van der Waals surface area (Å²) in [4.78, 5) is 27.7. The zero-order valence-corrected chi connectivity index (χ0v) is 12.9. The van der Waals surface area contributed by atoms with Crippen LogP contribution in [0, 0.1) is 0 Å². The Bertz CT molecular complexity index is 362. The first kappa shape index (κ1) is 16.2. The number of carbonyl (C=O) groups excluding carboxylic acids is 2. The number of morpholine rings is 1. The highest BCUT2D eigenvalue weighted by Crippen LogP contribution is 2.13. The summed E-state index contributed by atoms with van der Waals surface area (Å²) in [5.41, 5.74) is 0. The van der Waals surface area contributed by atoms with Gasteiger partial charge in [0.05, 0.1) is 12.7 Å². The number of nitrogens with zero attached hydrogens (tertiary/aromatic N) is 2. The van der Waals surface area contributed by atoms with E-state index in [2.05, 4.69) is 0 Å². The third kappa shape index (κ3) is 4.97. The fourth-order valence-electron chi connectivity index (χ4n) is 2.86. The summed E-state index contributed by atoms with van der Waals surface area (Å²) in [7, 11) is 1.67. The van der Waals surface area contributed by atoms with Crippen LogP contribution in [0.3, 0.4) is 0 Å². The molecule has 0 saturated carbocycles. The summed E-state index contributed by atoms with van der Waals surface area (Å²) in [5, 5.41) is 0. The maximum Gasteiger partial charge on any atom is 0.224 e. The minimum atomic E-state index is 0.0688. The van der Waals surface area contributed by atoms with Crippen LogP contribution in [-0.2, 0) is 19.1 Å². The molecule has 0 unspecified atom stereocenters. The van der Waals surface area contributed by atoms with Crippen LogP contribution in [0.25, 0.3) is 0 Å². The first-order valence-electron chi connectivity index (χ1n) is 7.87. The first-order chi connectivity index (χ1) is 10.2. The lowest BCUT2D eigenvalue weighted by Crippen LogP contribution is -2.47. The number of methoxy groups -OCH3 is 1. The van der Waals surface area contributed by atoms with Crippen molar-refractivity contribution in [2.75, 3.05) is 46.5 Å². The zero-order chi connectivity index (χ0) is 15.1. The van der Waals surface area contributed by atoms with Crippen molar-refractivity contribution in [1.82, 2.24) is 9.80 Å². The smallest absolute Gasteiger partial charge is 0.224 e. The second-order valence-electron chi connectivity index (χ2n) is 5.70. The van der Waals surface area contributed by atoms with Gasteiger partial charge < -0.3 is 19.3 Å². The van der Waals surface area contributed by atoms with Gasteiger partial charge in [0.2, 0.25) is 11.8 Å². The SMILES string of the molecule is COCC[C@@H]1CN(C(=O)CCN2CCCCC2=O)CCO1. The molecule has 2 aliphatic heterocycles. The molecule has 0 aromatic carbocycles. The highest BCUT2D eigenvalue weighted by molar-refractivity contribution is 5.79. The number of amides is 2. The Labute approximate surface area is 126 Å². The molecule has 6 nitrogen and oxygen atoms in total. The van der Waals surface area contributed by atoms with E-state index >= 15 is 0 Å². The summed E-state index contributed by atoms with van der Waals surface area (Å²) in [6, 6.07) is 0. The molecule has 1 atom stereocenters. The zero-order valence-electron chi connectivity index (χ0n) is 12.9. The highest BCUT2D eigenvalue weighted by atomic mass is 16.5. The Morgan fingerprint density at radius 3 is 3.00 bits per heavy atom. The van der Waals surface area contributed by atoms with Gasteiger partial charge in [0, 0.05) is 52.7 Å². The molecule has 0 aromatic heterocycles. The fraction of sp³-hybridized carbons (Fsp3) is 0.867. The number of rotatable bonds is 6. The highest BCUT2D eigenvalue weighted by Gasteiger charge is 2.25. The van der Waals surface area contributed by atoms with E-state index in [0.29, 0.717) is 45.7 Å². The van der Waals surface area contributed by atoms with Crippen molar-refractivity contribution < 1.29 is 19.1 Å². The molecule has 2 rings (SSSR count). The van der Waals surface area contributed by atoms with Gasteiger partial charge in [0.25, 0.3) is 0 Å². The van der Waals surface area contributed by atoms with Gasteiger partial charge in [0.15, 0.2) is 0 Å². The lowest BCUT2D eigenvalue weighted by atomic mass is 10.1. The lowest BCUT2D eigenvalue weighted by Gasteiger charge is -2.34. The molecule has 2 fully saturated rings. The second kappa shape index (κ2) is 8.34. The van der Waals surface area contributed by atoms with Crippen molar-refractivity contribution in [2.24, 2.45) is 0 Å². The summed E-state index contributed by atoms with van der Waals surface area (Å²) in [5.74, 6) is 0.313. The molecular weight excluding hydrogens is 272 g/mol. The van der Waals surface area contributed by atoms with Crippen molar-refractivity contribution in [2.45, 2.75) is 38.2 Å². The number of ether oxygens (including phenoxy) is 2. The molecule has 2 amide bonds. The van der Waals surface area contributed by atoms with E-state index < -0.39 is 0 Å². The molecule has 0 bridgehead atoms. The molecule has 0 N–H and O–H groups in total. The monoisotopic (exact) mass is 298 g/mol. The molecule has 21 heavy (non-hydrogen) atoms. The summed E-state index contributed by atoms with van der Waals surface area (Å²) in [6.07, 6.45) is 3.96. The van der Waals surface area contributed by atoms with Crippen LogP contribution in [0.5, 0.6) is 0 Å². The second-order valence-corrected chi connectivity index (χ2v) is 5.70. The van der Waals surface area contributed by atoms with E-state index in [1.54, 1.807) is 7.11 Å². The topological polar surface area (TPSA) is 59.1 Å². The van der Waals surface area contributed by atoms with Gasteiger partial charge in [-0.2, -0.15) is 0 Å². The van der Waals surface area contributed by atoms with Gasteiger partial charge in [-0.05, 0) is 19.3 Å². The molecular formula is C15H26N2O4. The molecule has 2 heterocycles. The van der Waals surface area contributed by atoms with Gasteiger partial charge in [0.1, 0.15) is 0 Å². The predicted molar refractivity (Wildman–Crippen MR) is 77.9 cm³/mol. The molecule has 2 aliphatic rings. The molecule has 0 spiro atoms. The third-order valence-corrected chi connectivity index (χ3v) is 4.15. The van der Waals surface area contributed by atoms with Gasteiger partial charge >= 0.3 is 0 Å². The predicted octanol–water partition coefficient (Wildman–Crippen LogP) is 0.653. The van der Waals surface area contributed by atoms with Gasteiger partial charge in [-0.3, -0.25) is 9.59 Å². The average Bonchev–Trinajstić information content (AvgIpc) is 2.52. The Balaban J connectivity index is 1.73. The Morgan fingerprint density at radius 2 is 2.24 bits per heavy atom. The first-order valence-corrected chi connectivity index (χ1v) is 7.87. The Morgan fingerprint density at radius 1 is 1.38 bits per heavy atom. The number of hydrogen-bond acceptors (Lipinski definition) is 4. The third-order valence-electron chi connectivity index (χ3n) is 4.15. The van der Waals surface area contributed by atoms with E-state index in [1.807, 2.05) is 9.80 Å². The minimum absolute atomic E-state index is 0.0688. The molecule has 0 radical (unpaired) electrons. The van der Waals surface area contributed by atoms with Crippen molar-refractivity contribution in [3.05, 3.63) is 0 Å². The van der Waals surface area contributed by atoms with Gasteiger partial charge in [-0.15, -0.1) is 0 Å². The maximum atomic E-state index is 12.3. The standard InChI is InChI=1S/C15H26N2O4/c1-20-10-6-13-12-17(9-11-21-13)15(19)5-8-16-7-3-2-4-14(16)18/h13H,2-12H2,1H3/t13-/m1/s1. The van der Waals surface area contributed by atoms with Crippen LogP contribution < -0.4 is 0 Å². The Hall–Kier alpha value is -1.14. The number of likely N-dealkylation sites (tertiary alicyclic amines) is 1. The molecule has 0 aliphatic carbocycles. The van der Waals surface area contributed by atoms with Crippen LogP contribution in [0.2, 0.25) is 0 Å². The van der Waals surface area contributed by atoms with Gasteiger partial charge in [-0.1, -0.05) is 0 Å². The fourth-order valence-corrected chi connectivity index (χ4v) is 2.86. The molecule has 120 valence electrons. The molecule has 2 saturated heterocycles. The minimum Gasteiger partial charge on any atom is -0.385 e. The van der Waals surface area contributed by atoms with E-state index in [9.17, 15) is 9.59 Å². The van der Waals surface area contributed by atoms with E-state index in [0.717, 1.165) is 25.8 Å². The quantitative estimate of drug-likeness (QED) is 0.722. The van der Waals surface area contributed by atoms with Crippen LogP contribution in [0.4, 0.5) is 0 Å². The number of carbonyl (C=O) groups is 2. The lowest BCUT2D eigenvalue weighted by molar-refractivity contribution is -0.141. The maximum absolute atomic E-state index is 12.3. The van der Waals surface area contributed by atoms with Crippen LogP contribution in [0.15, 0.2) is 0 Å².